The van der Waals surface area contributed by atoms with Crippen molar-refractivity contribution < 1.29 is 9.53 Å². The first kappa shape index (κ1) is 19.6. The number of carbonyl (C=O) groups is 1. The molecule has 7 heteroatoms. The lowest BCUT2D eigenvalue weighted by molar-refractivity contribution is 0.0605. The summed E-state index contributed by atoms with van der Waals surface area (Å²) < 4.78 is 4.89. The molecule has 0 fully saturated rings. The molecule has 1 atom stereocenters. The van der Waals surface area contributed by atoms with Gasteiger partial charge in [-0.1, -0.05) is 13.8 Å². The van der Waals surface area contributed by atoms with Crippen LogP contribution in [0.5, 0.6) is 0 Å². The molecule has 0 amide bonds. The summed E-state index contributed by atoms with van der Waals surface area (Å²) in [5.41, 5.74) is 0.875. The quantitative estimate of drug-likeness (QED) is 0.759. The van der Waals surface area contributed by atoms with Crippen molar-refractivity contribution in [2.75, 3.05) is 33.1 Å². The molecule has 1 N–H and O–H groups in total. The zero-order chi connectivity index (χ0) is 18.7. The summed E-state index contributed by atoms with van der Waals surface area (Å²) in [5.74, 6) is 1.78. The van der Waals surface area contributed by atoms with E-state index in [-0.39, 0.29) is 5.97 Å². The van der Waals surface area contributed by atoms with E-state index in [9.17, 15) is 4.79 Å². The smallest absolute Gasteiger partial charge is 0.348 e. The second-order valence-corrected chi connectivity index (χ2v) is 7.97. The molecule has 1 unspecified atom stereocenters. The average Bonchev–Trinajstić information content (AvgIpc) is 2.86. The van der Waals surface area contributed by atoms with Crippen LogP contribution in [-0.2, 0) is 4.74 Å². The molecule has 138 valence electrons. The van der Waals surface area contributed by atoms with Gasteiger partial charge in [0.1, 0.15) is 21.3 Å². The van der Waals surface area contributed by atoms with E-state index >= 15 is 0 Å². The van der Waals surface area contributed by atoms with Crippen LogP contribution in [0.15, 0.2) is 0 Å². The summed E-state index contributed by atoms with van der Waals surface area (Å²) in [6.45, 7) is 9.05. The molecular weight excluding hydrogens is 336 g/mol. The zero-order valence-corrected chi connectivity index (χ0v) is 17.0. The lowest BCUT2D eigenvalue weighted by Crippen LogP contribution is -2.35. The lowest BCUT2D eigenvalue weighted by Gasteiger charge is -2.26. The Morgan fingerprint density at radius 3 is 2.52 bits per heavy atom. The minimum atomic E-state index is -0.324. The van der Waals surface area contributed by atoms with Gasteiger partial charge in [-0.25, -0.2) is 14.8 Å². The minimum absolute atomic E-state index is 0.324. The molecule has 0 spiro atoms. The molecule has 0 aliphatic rings. The Hall–Kier alpha value is -1.73. The first-order valence-electron chi connectivity index (χ1n) is 8.50. The number of aromatic nitrogens is 2. The fourth-order valence-electron chi connectivity index (χ4n) is 2.90. The molecule has 2 rings (SSSR count). The number of esters is 1. The van der Waals surface area contributed by atoms with Crippen LogP contribution in [0.3, 0.4) is 0 Å². The molecule has 2 aromatic heterocycles. The number of ether oxygens (including phenoxy) is 1. The van der Waals surface area contributed by atoms with Crippen LogP contribution < -0.4 is 5.32 Å². The summed E-state index contributed by atoms with van der Waals surface area (Å²) in [4.78, 5) is 24.7. The molecule has 0 radical (unpaired) electrons. The first-order valence-corrected chi connectivity index (χ1v) is 9.32. The van der Waals surface area contributed by atoms with Crippen molar-refractivity contribution in [2.24, 2.45) is 5.92 Å². The number of nitrogens with zero attached hydrogens (tertiary/aromatic N) is 3. The van der Waals surface area contributed by atoms with Crippen LogP contribution >= 0.6 is 11.3 Å². The van der Waals surface area contributed by atoms with Gasteiger partial charge in [-0.3, -0.25) is 0 Å². The number of hydrogen-bond donors (Lipinski definition) is 1. The first-order chi connectivity index (χ1) is 11.7. The highest BCUT2D eigenvalue weighted by Gasteiger charge is 2.21. The van der Waals surface area contributed by atoms with Gasteiger partial charge in [-0.2, -0.15) is 0 Å². The summed E-state index contributed by atoms with van der Waals surface area (Å²) in [5, 5.41) is 4.40. The third kappa shape index (κ3) is 4.46. The standard InChI is InChI=1S/C18H28N4O2S/c1-10(2)8-13(22(5)6)9-19-16-14-11(3)15(18(23)24-7)25-17(14)21-12(4)20-16/h10,13H,8-9H2,1-7H3,(H,19,20,21). The second-order valence-electron chi connectivity index (χ2n) is 6.98. The maximum atomic E-state index is 12.0. The predicted octanol–water partition coefficient (Wildman–Crippen LogP) is 3.48. The van der Waals surface area contributed by atoms with Gasteiger partial charge in [0.25, 0.3) is 0 Å². The van der Waals surface area contributed by atoms with Gasteiger partial charge in [0, 0.05) is 12.6 Å². The van der Waals surface area contributed by atoms with Crippen LogP contribution in [0, 0.1) is 19.8 Å². The number of nitrogens with one attached hydrogen (secondary N) is 1. The highest BCUT2D eigenvalue weighted by Crippen LogP contribution is 2.34. The van der Waals surface area contributed by atoms with Crippen molar-refractivity contribution in [3.63, 3.8) is 0 Å². The Balaban J connectivity index is 2.37. The molecule has 0 saturated carbocycles. The number of aryl methyl sites for hydroxylation is 2. The van der Waals surface area contributed by atoms with E-state index in [0.29, 0.717) is 22.7 Å². The van der Waals surface area contributed by atoms with Gasteiger partial charge in [0.05, 0.1) is 12.5 Å². The van der Waals surface area contributed by atoms with Gasteiger partial charge < -0.3 is 15.0 Å². The fourth-order valence-corrected chi connectivity index (χ4v) is 4.04. The van der Waals surface area contributed by atoms with E-state index in [1.54, 1.807) is 0 Å². The van der Waals surface area contributed by atoms with E-state index < -0.39 is 0 Å². The van der Waals surface area contributed by atoms with Crippen molar-refractivity contribution in [1.82, 2.24) is 14.9 Å². The van der Waals surface area contributed by atoms with Crippen molar-refractivity contribution in [3.05, 3.63) is 16.3 Å². The van der Waals surface area contributed by atoms with Crippen molar-refractivity contribution in [1.29, 1.82) is 0 Å². The Morgan fingerprint density at radius 1 is 1.28 bits per heavy atom. The van der Waals surface area contributed by atoms with Crippen LogP contribution in [-0.4, -0.2) is 54.6 Å². The topological polar surface area (TPSA) is 67.3 Å². The average molecular weight is 365 g/mol. The number of thiophene rings is 1. The Morgan fingerprint density at radius 2 is 1.96 bits per heavy atom. The normalized spacial score (nSPS) is 12.8. The number of anilines is 1. The van der Waals surface area contributed by atoms with Gasteiger partial charge >= 0.3 is 5.97 Å². The summed E-state index contributed by atoms with van der Waals surface area (Å²) in [7, 11) is 5.59. The van der Waals surface area contributed by atoms with E-state index in [2.05, 4.69) is 48.1 Å². The summed E-state index contributed by atoms with van der Waals surface area (Å²) in [6.07, 6.45) is 1.10. The summed E-state index contributed by atoms with van der Waals surface area (Å²) in [6, 6.07) is 0.407. The van der Waals surface area contributed by atoms with Crippen LogP contribution in [0.2, 0.25) is 0 Å². The van der Waals surface area contributed by atoms with E-state index in [4.69, 9.17) is 4.74 Å². The highest BCUT2D eigenvalue weighted by atomic mass is 32.1. The minimum Gasteiger partial charge on any atom is -0.465 e. The molecule has 0 saturated heterocycles. The Labute approximate surface area is 153 Å². The van der Waals surface area contributed by atoms with Crippen molar-refractivity contribution in [3.8, 4) is 0 Å². The van der Waals surface area contributed by atoms with Crippen LogP contribution in [0.25, 0.3) is 10.2 Å². The number of fused-ring (bicyclic) bond motifs is 1. The molecule has 2 heterocycles. The third-order valence-electron chi connectivity index (χ3n) is 4.25. The van der Waals surface area contributed by atoms with Crippen LogP contribution in [0.4, 0.5) is 5.82 Å². The zero-order valence-electron chi connectivity index (χ0n) is 16.1. The van der Waals surface area contributed by atoms with Crippen LogP contribution in [0.1, 0.15) is 41.3 Å². The molecule has 0 aromatic carbocycles. The number of hydrogen-bond acceptors (Lipinski definition) is 7. The maximum absolute atomic E-state index is 12.0. The number of methoxy groups -OCH3 is 1. The van der Waals surface area contributed by atoms with E-state index in [1.807, 2.05) is 13.8 Å². The Kier molecular flexibility index (Phi) is 6.35. The molecule has 2 aromatic rings. The monoisotopic (exact) mass is 364 g/mol. The van der Waals surface area contributed by atoms with Gasteiger partial charge in [-0.05, 0) is 45.8 Å². The maximum Gasteiger partial charge on any atom is 0.348 e. The summed E-state index contributed by atoms with van der Waals surface area (Å²) >= 11 is 1.36. The van der Waals surface area contributed by atoms with Gasteiger partial charge in [-0.15, -0.1) is 11.3 Å². The molecule has 0 aliphatic heterocycles. The predicted molar refractivity (Wildman–Crippen MR) is 104 cm³/mol. The number of rotatable bonds is 7. The third-order valence-corrected chi connectivity index (χ3v) is 5.42. The molecule has 25 heavy (non-hydrogen) atoms. The molecule has 0 bridgehead atoms. The molecule has 6 nitrogen and oxygen atoms in total. The van der Waals surface area contributed by atoms with E-state index in [1.165, 1.54) is 18.4 Å². The molecule has 0 aliphatic carbocycles. The highest BCUT2D eigenvalue weighted by molar-refractivity contribution is 7.20. The van der Waals surface area contributed by atoms with Crippen molar-refractivity contribution >= 4 is 33.3 Å². The number of likely N-dealkylation sites (N-methyl/N-ethyl adjacent to an activating group) is 1. The largest absolute Gasteiger partial charge is 0.465 e. The van der Waals surface area contributed by atoms with Gasteiger partial charge in [0.2, 0.25) is 0 Å². The lowest BCUT2D eigenvalue weighted by atomic mass is 10.0. The number of carbonyl (C=O) groups excluding carboxylic acids is 1. The fraction of sp³-hybridized carbons (Fsp3) is 0.611. The molecular formula is C18H28N4O2S. The second kappa shape index (κ2) is 8.10. The van der Waals surface area contributed by atoms with E-state index in [0.717, 1.165) is 34.6 Å². The SMILES string of the molecule is COC(=O)c1sc2nc(C)nc(NCC(CC(C)C)N(C)C)c2c1C. The van der Waals surface area contributed by atoms with Crippen molar-refractivity contribution in [2.45, 2.75) is 40.2 Å². The van der Waals surface area contributed by atoms with Gasteiger partial charge in [0.15, 0.2) is 0 Å². The Bertz CT molecular complexity index is 755.